The number of aromatic carboxylic acids is 1. The summed E-state index contributed by atoms with van der Waals surface area (Å²) in [7, 11) is 0. The molecule has 0 saturated carbocycles. The van der Waals surface area contributed by atoms with Gasteiger partial charge in [0.2, 0.25) is 0 Å². The smallest absolute Gasteiger partial charge is 0.337 e. The van der Waals surface area contributed by atoms with Crippen LogP contribution in [0.1, 0.15) is 35.9 Å². The van der Waals surface area contributed by atoms with Gasteiger partial charge >= 0.3 is 5.97 Å². The quantitative estimate of drug-likeness (QED) is 0.910. The molecule has 1 fully saturated rings. The summed E-state index contributed by atoms with van der Waals surface area (Å²) >= 11 is 0. The second kappa shape index (κ2) is 6.10. The van der Waals surface area contributed by atoms with E-state index >= 15 is 0 Å². The van der Waals surface area contributed by atoms with Crippen LogP contribution in [-0.2, 0) is 6.54 Å². The normalized spacial score (nSPS) is 16.5. The molecular formula is C17H23N3O2. The van der Waals surface area contributed by atoms with Crippen LogP contribution in [0.15, 0.2) is 24.3 Å². The highest BCUT2D eigenvalue weighted by molar-refractivity contribution is 6.02. The molecule has 1 aliphatic rings. The predicted octanol–water partition coefficient (Wildman–Crippen LogP) is 2.33. The number of nitrogens with zero attached hydrogens (tertiary/aromatic N) is 2. The van der Waals surface area contributed by atoms with Crippen molar-refractivity contribution >= 4 is 16.9 Å². The van der Waals surface area contributed by atoms with Gasteiger partial charge in [-0.3, -0.25) is 4.90 Å². The van der Waals surface area contributed by atoms with Crippen molar-refractivity contribution in [1.82, 2.24) is 14.8 Å². The van der Waals surface area contributed by atoms with E-state index in [-0.39, 0.29) is 6.04 Å². The largest absolute Gasteiger partial charge is 0.478 e. The summed E-state index contributed by atoms with van der Waals surface area (Å²) in [6.45, 7) is 9.19. The number of rotatable bonds is 4. The molecule has 2 heterocycles. The number of nitrogens with one attached hydrogen (secondary N) is 1. The minimum absolute atomic E-state index is 0.232. The van der Waals surface area contributed by atoms with E-state index in [4.69, 9.17) is 0 Å². The molecule has 118 valence electrons. The van der Waals surface area contributed by atoms with Crippen LogP contribution in [-0.4, -0.2) is 46.7 Å². The molecule has 1 aromatic carbocycles. The van der Waals surface area contributed by atoms with Crippen molar-refractivity contribution in [3.05, 3.63) is 35.5 Å². The van der Waals surface area contributed by atoms with Crippen LogP contribution in [0.25, 0.3) is 10.9 Å². The van der Waals surface area contributed by atoms with Gasteiger partial charge in [0.25, 0.3) is 0 Å². The SMILES string of the molecule is CC(C)n1c(CN2CCNCC2)cc2cccc(C(=O)O)c21. The number of para-hydroxylation sites is 1. The molecule has 0 spiro atoms. The summed E-state index contributed by atoms with van der Waals surface area (Å²) in [6, 6.07) is 7.89. The summed E-state index contributed by atoms with van der Waals surface area (Å²) < 4.78 is 2.18. The first-order chi connectivity index (χ1) is 10.6. The second-order valence-corrected chi connectivity index (χ2v) is 6.17. The lowest BCUT2D eigenvalue weighted by molar-refractivity contribution is 0.0698. The van der Waals surface area contributed by atoms with Gasteiger partial charge in [-0.2, -0.15) is 0 Å². The Morgan fingerprint density at radius 3 is 2.68 bits per heavy atom. The Labute approximate surface area is 130 Å². The van der Waals surface area contributed by atoms with E-state index in [0.29, 0.717) is 5.56 Å². The lowest BCUT2D eigenvalue weighted by Crippen LogP contribution is -2.43. The lowest BCUT2D eigenvalue weighted by atomic mass is 10.1. The average Bonchev–Trinajstić information content (AvgIpc) is 2.85. The minimum Gasteiger partial charge on any atom is -0.478 e. The fourth-order valence-corrected chi connectivity index (χ4v) is 3.32. The molecule has 3 rings (SSSR count). The van der Waals surface area contributed by atoms with Crippen molar-refractivity contribution in [3.8, 4) is 0 Å². The number of carbonyl (C=O) groups is 1. The Morgan fingerprint density at radius 1 is 1.32 bits per heavy atom. The van der Waals surface area contributed by atoms with Crippen molar-refractivity contribution in [2.75, 3.05) is 26.2 Å². The van der Waals surface area contributed by atoms with Crippen molar-refractivity contribution in [2.45, 2.75) is 26.4 Å². The van der Waals surface area contributed by atoms with Gasteiger partial charge in [0.05, 0.1) is 11.1 Å². The fraction of sp³-hybridized carbons (Fsp3) is 0.471. The first kappa shape index (κ1) is 15.1. The van der Waals surface area contributed by atoms with Crippen LogP contribution in [0, 0.1) is 0 Å². The summed E-state index contributed by atoms with van der Waals surface area (Å²) in [5, 5.41) is 13.9. The number of carboxylic acids is 1. The van der Waals surface area contributed by atoms with Gasteiger partial charge in [0.1, 0.15) is 0 Å². The molecule has 0 atom stereocenters. The zero-order valence-electron chi connectivity index (χ0n) is 13.2. The Balaban J connectivity index is 2.07. The standard InChI is InChI=1S/C17H23N3O2/c1-12(2)20-14(11-19-8-6-18-7-9-19)10-13-4-3-5-15(16(13)20)17(21)22/h3-5,10,12,18H,6-9,11H2,1-2H3,(H,21,22). The van der Waals surface area contributed by atoms with Crippen LogP contribution in [0.2, 0.25) is 0 Å². The van der Waals surface area contributed by atoms with Gasteiger partial charge in [-0.05, 0) is 26.0 Å². The zero-order chi connectivity index (χ0) is 15.7. The third kappa shape index (κ3) is 2.74. The van der Waals surface area contributed by atoms with E-state index in [0.717, 1.165) is 43.6 Å². The summed E-state index contributed by atoms with van der Waals surface area (Å²) in [6.07, 6.45) is 0. The summed E-state index contributed by atoms with van der Waals surface area (Å²) in [5.41, 5.74) is 2.42. The number of hydrogen-bond acceptors (Lipinski definition) is 3. The highest BCUT2D eigenvalue weighted by atomic mass is 16.4. The molecule has 5 heteroatoms. The Morgan fingerprint density at radius 2 is 2.05 bits per heavy atom. The monoisotopic (exact) mass is 301 g/mol. The highest BCUT2D eigenvalue weighted by Gasteiger charge is 2.20. The van der Waals surface area contributed by atoms with Crippen molar-refractivity contribution in [2.24, 2.45) is 0 Å². The maximum absolute atomic E-state index is 11.6. The Bertz CT molecular complexity index is 685. The first-order valence-corrected chi connectivity index (χ1v) is 7.87. The number of carboxylic acid groups (broad SMARTS) is 1. The fourth-order valence-electron chi connectivity index (χ4n) is 3.32. The maximum atomic E-state index is 11.6. The van der Waals surface area contributed by atoms with Gasteiger partial charge in [-0.15, -0.1) is 0 Å². The molecule has 1 aromatic heterocycles. The molecule has 2 N–H and O–H groups in total. The minimum atomic E-state index is -0.862. The molecule has 0 bridgehead atoms. The highest BCUT2D eigenvalue weighted by Crippen LogP contribution is 2.28. The van der Waals surface area contributed by atoms with Crippen LogP contribution >= 0.6 is 0 Å². The van der Waals surface area contributed by atoms with Gasteiger partial charge in [0, 0.05) is 49.8 Å². The molecular weight excluding hydrogens is 278 g/mol. The summed E-state index contributed by atoms with van der Waals surface area (Å²) in [4.78, 5) is 14.0. The first-order valence-electron chi connectivity index (χ1n) is 7.87. The second-order valence-electron chi connectivity index (χ2n) is 6.17. The van der Waals surface area contributed by atoms with E-state index in [1.54, 1.807) is 6.07 Å². The molecule has 2 aromatic rings. The number of piperazine rings is 1. The molecule has 22 heavy (non-hydrogen) atoms. The van der Waals surface area contributed by atoms with E-state index in [2.05, 4.69) is 34.7 Å². The van der Waals surface area contributed by atoms with Gasteiger partial charge in [0.15, 0.2) is 0 Å². The zero-order valence-corrected chi connectivity index (χ0v) is 13.2. The topological polar surface area (TPSA) is 57.5 Å². The number of aromatic nitrogens is 1. The van der Waals surface area contributed by atoms with Gasteiger partial charge < -0.3 is 15.0 Å². The Kier molecular flexibility index (Phi) is 4.18. The van der Waals surface area contributed by atoms with Crippen LogP contribution in [0.4, 0.5) is 0 Å². The van der Waals surface area contributed by atoms with Crippen LogP contribution in [0.3, 0.4) is 0 Å². The molecule has 1 aliphatic heterocycles. The average molecular weight is 301 g/mol. The third-order valence-corrected chi connectivity index (χ3v) is 4.28. The van der Waals surface area contributed by atoms with Crippen LogP contribution < -0.4 is 5.32 Å². The number of fused-ring (bicyclic) bond motifs is 1. The van der Waals surface area contributed by atoms with Crippen molar-refractivity contribution < 1.29 is 9.90 Å². The van der Waals surface area contributed by atoms with Crippen molar-refractivity contribution in [3.63, 3.8) is 0 Å². The number of hydrogen-bond donors (Lipinski definition) is 2. The molecule has 1 saturated heterocycles. The molecule has 0 aliphatic carbocycles. The molecule has 0 radical (unpaired) electrons. The third-order valence-electron chi connectivity index (χ3n) is 4.28. The maximum Gasteiger partial charge on any atom is 0.337 e. The van der Waals surface area contributed by atoms with Crippen molar-refractivity contribution in [1.29, 1.82) is 0 Å². The Hall–Kier alpha value is -1.85. The van der Waals surface area contributed by atoms with E-state index in [1.165, 1.54) is 5.69 Å². The van der Waals surface area contributed by atoms with Crippen LogP contribution in [0.5, 0.6) is 0 Å². The predicted molar refractivity (Wildman–Crippen MR) is 87.4 cm³/mol. The van der Waals surface area contributed by atoms with Gasteiger partial charge in [-0.1, -0.05) is 12.1 Å². The summed E-state index contributed by atoms with van der Waals surface area (Å²) in [5.74, 6) is -0.862. The van der Waals surface area contributed by atoms with Gasteiger partial charge in [-0.25, -0.2) is 4.79 Å². The molecule has 5 nitrogen and oxygen atoms in total. The molecule has 0 amide bonds. The van der Waals surface area contributed by atoms with E-state index < -0.39 is 5.97 Å². The van der Waals surface area contributed by atoms with E-state index in [9.17, 15) is 9.90 Å². The number of benzene rings is 1. The lowest BCUT2D eigenvalue weighted by Gasteiger charge is -2.28. The van der Waals surface area contributed by atoms with E-state index in [1.807, 2.05) is 12.1 Å². The molecule has 0 unspecified atom stereocenters.